The van der Waals surface area contributed by atoms with Gasteiger partial charge in [0.25, 0.3) is 0 Å². The van der Waals surface area contributed by atoms with Crippen LogP contribution in [0.25, 0.3) is 0 Å². The van der Waals surface area contributed by atoms with Crippen LogP contribution in [0.5, 0.6) is 0 Å². The molecule has 4 heteroatoms. The highest BCUT2D eigenvalue weighted by molar-refractivity contribution is 5.35. The summed E-state index contributed by atoms with van der Waals surface area (Å²) in [6, 6.07) is 6.47. The molecule has 0 aliphatic carbocycles. The molecule has 0 radical (unpaired) electrons. The Morgan fingerprint density at radius 1 is 1.37 bits per heavy atom. The molecule has 2 aromatic rings. The van der Waals surface area contributed by atoms with E-state index in [0.717, 1.165) is 23.4 Å². The average Bonchev–Trinajstić information content (AvgIpc) is 2.66. The number of nitrogens with zero attached hydrogens (tertiary/aromatic N) is 3. The van der Waals surface area contributed by atoms with Gasteiger partial charge in [0.2, 0.25) is 0 Å². The van der Waals surface area contributed by atoms with E-state index in [-0.39, 0.29) is 5.56 Å². The molecule has 0 saturated carbocycles. The van der Waals surface area contributed by atoms with E-state index < -0.39 is 5.82 Å². The van der Waals surface area contributed by atoms with Gasteiger partial charge in [0.15, 0.2) is 0 Å². The monoisotopic (exact) mass is 257 g/mol. The molecule has 98 valence electrons. The number of benzene rings is 1. The van der Waals surface area contributed by atoms with Gasteiger partial charge in [-0.1, -0.05) is 13.0 Å². The standard InChI is InChI=1S/C15H16FN3/c1-4-14-10(2)18-19(11(14)3)9-12-5-6-15(16)13(7-12)8-17/h5-7H,4,9H2,1-3H3. The molecule has 2 rings (SSSR count). The lowest BCUT2D eigenvalue weighted by Crippen LogP contribution is -2.05. The van der Waals surface area contributed by atoms with Crippen molar-refractivity contribution in [3.05, 3.63) is 52.1 Å². The molecule has 0 amide bonds. The van der Waals surface area contributed by atoms with Gasteiger partial charge in [-0.3, -0.25) is 4.68 Å². The summed E-state index contributed by atoms with van der Waals surface area (Å²) in [6.07, 6.45) is 0.949. The number of aromatic nitrogens is 2. The Kier molecular flexibility index (Phi) is 3.66. The van der Waals surface area contributed by atoms with Crippen molar-refractivity contribution in [1.29, 1.82) is 5.26 Å². The highest BCUT2D eigenvalue weighted by atomic mass is 19.1. The fraction of sp³-hybridized carbons (Fsp3) is 0.333. The van der Waals surface area contributed by atoms with Crippen molar-refractivity contribution in [3.63, 3.8) is 0 Å². The maximum absolute atomic E-state index is 13.3. The fourth-order valence-electron chi connectivity index (χ4n) is 2.33. The molecule has 0 atom stereocenters. The first-order chi connectivity index (χ1) is 9.06. The normalized spacial score (nSPS) is 10.5. The quantitative estimate of drug-likeness (QED) is 0.847. The Labute approximate surface area is 112 Å². The van der Waals surface area contributed by atoms with E-state index in [1.165, 1.54) is 11.6 Å². The van der Waals surface area contributed by atoms with Crippen LogP contribution in [0.1, 0.15) is 35.0 Å². The molecule has 1 aromatic carbocycles. The summed E-state index contributed by atoms with van der Waals surface area (Å²) >= 11 is 0. The van der Waals surface area contributed by atoms with Crippen molar-refractivity contribution >= 4 is 0 Å². The van der Waals surface area contributed by atoms with Crippen molar-refractivity contribution in [3.8, 4) is 6.07 Å². The first-order valence-electron chi connectivity index (χ1n) is 6.28. The maximum Gasteiger partial charge on any atom is 0.140 e. The van der Waals surface area contributed by atoms with E-state index >= 15 is 0 Å². The Balaban J connectivity index is 2.34. The van der Waals surface area contributed by atoms with Gasteiger partial charge in [0.05, 0.1) is 17.8 Å². The summed E-state index contributed by atoms with van der Waals surface area (Å²) in [5.74, 6) is -0.478. The van der Waals surface area contributed by atoms with E-state index in [0.29, 0.717) is 6.54 Å². The lowest BCUT2D eigenvalue weighted by molar-refractivity contribution is 0.618. The zero-order valence-electron chi connectivity index (χ0n) is 11.4. The van der Waals surface area contributed by atoms with Crippen molar-refractivity contribution in [2.24, 2.45) is 0 Å². The fourth-order valence-corrected chi connectivity index (χ4v) is 2.33. The average molecular weight is 257 g/mol. The van der Waals surface area contributed by atoms with Crippen LogP contribution in [0.2, 0.25) is 0 Å². The Hall–Kier alpha value is -2.15. The highest BCUT2D eigenvalue weighted by Gasteiger charge is 2.10. The molecule has 0 aliphatic heterocycles. The third-order valence-electron chi connectivity index (χ3n) is 3.37. The first-order valence-corrected chi connectivity index (χ1v) is 6.28. The van der Waals surface area contributed by atoms with E-state index in [9.17, 15) is 4.39 Å². The summed E-state index contributed by atoms with van der Waals surface area (Å²) < 4.78 is 15.2. The topological polar surface area (TPSA) is 41.6 Å². The minimum Gasteiger partial charge on any atom is -0.265 e. The molecule has 3 nitrogen and oxygen atoms in total. The van der Waals surface area contributed by atoms with Crippen molar-refractivity contribution in [1.82, 2.24) is 9.78 Å². The van der Waals surface area contributed by atoms with Crippen LogP contribution < -0.4 is 0 Å². The van der Waals surface area contributed by atoms with Crippen LogP contribution in [-0.2, 0) is 13.0 Å². The number of rotatable bonds is 3. The van der Waals surface area contributed by atoms with Gasteiger partial charge in [-0.25, -0.2) is 4.39 Å². The Bertz CT molecular complexity index is 650. The molecule has 0 fully saturated rings. The SMILES string of the molecule is CCc1c(C)nn(Cc2ccc(F)c(C#N)c2)c1C. The number of aryl methyl sites for hydroxylation is 1. The van der Waals surface area contributed by atoms with Gasteiger partial charge >= 0.3 is 0 Å². The second kappa shape index (κ2) is 5.23. The smallest absolute Gasteiger partial charge is 0.140 e. The second-order valence-electron chi connectivity index (χ2n) is 4.59. The Morgan fingerprint density at radius 2 is 2.11 bits per heavy atom. The van der Waals surface area contributed by atoms with Crippen LogP contribution in [0, 0.1) is 31.0 Å². The molecule has 0 spiro atoms. The third-order valence-corrected chi connectivity index (χ3v) is 3.37. The van der Waals surface area contributed by atoms with Gasteiger partial charge < -0.3 is 0 Å². The summed E-state index contributed by atoms with van der Waals surface area (Å²) in [7, 11) is 0. The minimum atomic E-state index is -0.478. The number of halogens is 1. The third kappa shape index (κ3) is 2.50. The summed E-state index contributed by atoms with van der Waals surface area (Å²) in [5.41, 5.74) is 4.37. The summed E-state index contributed by atoms with van der Waals surface area (Å²) in [6.45, 7) is 6.69. The zero-order valence-corrected chi connectivity index (χ0v) is 11.4. The highest BCUT2D eigenvalue weighted by Crippen LogP contribution is 2.16. The van der Waals surface area contributed by atoms with Crippen molar-refractivity contribution in [2.45, 2.75) is 33.7 Å². The zero-order chi connectivity index (χ0) is 14.0. The van der Waals surface area contributed by atoms with Gasteiger partial charge in [0.1, 0.15) is 11.9 Å². The van der Waals surface area contributed by atoms with Crippen LogP contribution in [0.4, 0.5) is 4.39 Å². The van der Waals surface area contributed by atoms with Crippen LogP contribution in [-0.4, -0.2) is 9.78 Å². The molecule has 0 bridgehead atoms. The van der Waals surface area contributed by atoms with Crippen molar-refractivity contribution in [2.75, 3.05) is 0 Å². The van der Waals surface area contributed by atoms with Crippen LogP contribution in [0.3, 0.4) is 0 Å². The molecule has 0 saturated heterocycles. The number of hydrogen-bond acceptors (Lipinski definition) is 2. The summed E-state index contributed by atoms with van der Waals surface area (Å²) in [5, 5.41) is 13.3. The lowest BCUT2D eigenvalue weighted by atomic mass is 10.1. The molecule has 0 unspecified atom stereocenters. The molecule has 0 N–H and O–H groups in total. The van der Waals surface area contributed by atoms with E-state index in [4.69, 9.17) is 5.26 Å². The Morgan fingerprint density at radius 3 is 2.68 bits per heavy atom. The van der Waals surface area contributed by atoms with E-state index in [2.05, 4.69) is 12.0 Å². The minimum absolute atomic E-state index is 0.0785. The number of hydrogen-bond donors (Lipinski definition) is 0. The van der Waals surface area contributed by atoms with Gasteiger partial charge in [-0.15, -0.1) is 0 Å². The molecular weight excluding hydrogens is 241 g/mol. The largest absolute Gasteiger partial charge is 0.265 e. The molecular formula is C15H16FN3. The first kappa shape index (κ1) is 13.3. The van der Waals surface area contributed by atoms with Gasteiger partial charge in [-0.05, 0) is 43.5 Å². The van der Waals surface area contributed by atoms with Gasteiger partial charge in [0, 0.05) is 5.69 Å². The molecule has 19 heavy (non-hydrogen) atoms. The predicted octanol–water partition coefficient (Wildman–Crippen LogP) is 3.12. The van der Waals surface area contributed by atoms with E-state index in [1.54, 1.807) is 12.1 Å². The molecule has 1 aromatic heterocycles. The molecule has 0 aliphatic rings. The van der Waals surface area contributed by atoms with Crippen LogP contribution in [0.15, 0.2) is 18.2 Å². The lowest BCUT2D eigenvalue weighted by Gasteiger charge is -2.06. The summed E-state index contributed by atoms with van der Waals surface area (Å²) in [4.78, 5) is 0. The van der Waals surface area contributed by atoms with E-state index in [1.807, 2.05) is 24.6 Å². The van der Waals surface area contributed by atoms with Crippen LogP contribution >= 0.6 is 0 Å². The van der Waals surface area contributed by atoms with Crippen molar-refractivity contribution < 1.29 is 4.39 Å². The molecule has 1 heterocycles. The predicted molar refractivity (Wildman–Crippen MR) is 71.3 cm³/mol. The second-order valence-corrected chi connectivity index (χ2v) is 4.59. The number of nitriles is 1. The van der Waals surface area contributed by atoms with Gasteiger partial charge in [-0.2, -0.15) is 10.4 Å². The maximum atomic E-state index is 13.3.